The number of ether oxygens (including phenoxy) is 2. The predicted molar refractivity (Wildman–Crippen MR) is 87.0 cm³/mol. The Balaban J connectivity index is 2.18. The van der Waals surface area contributed by atoms with Gasteiger partial charge >= 0.3 is 0 Å². The smallest absolute Gasteiger partial charge is 0.248 e. The van der Waals surface area contributed by atoms with E-state index in [0.717, 1.165) is 32.1 Å². The van der Waals surface area contributed by atoms with Gasteiger partial charge in [-0.25, -0.2) is 0 Å². The molecule has 1 saturated carbocycles. The summed E-state index contributed by atoms with van der Waals surface area (Å²) < 4.78 is 11.2. The molecule has 0 aromatic carbocycles. The number of amides is 2. The standard InChI is InChI=1S/C17H30N2O4/c1-13(20)18-17(8-6-5-7-9-17)15(21)19-10-14(11-22-4)23-16(2,3)12-19/h14H,5-12H2,1-4H3,(H,18,20). The second kappa shape index (κ2) is 7.18. The lowest BCUT2D eigenvalue weighted by Gasteiger charge is -2.47. The van der Waals surface area contributed by atoms with E-state index in [1.54, 1.807) is 7.11 Å². The number of nitrogens with zero attached hydrogens (tertiary/aromatic N) is 1. The Morgan fingerprint density at radius 1 is 1.26 bits per heavy atom. The van der Waals surface area contributed by atoms with Crippen LogP contribution in [0.4, 0.5) is 0 Å². The van der Waals surface area contributed by atoms with Crippen LogP contribution < -0.4 is 5.32 Å². The average Bonchev–Trinajstić information content (AvgIpc) is 2.45. The first kappa shape index (κ1) is 18.2. The predicted octanol–water partition coefficient (Wildman–Crippen LogP) is 1.48. The molecule has 2 aliphatic rings. The highest BCUT2D eigenvalue weighted by atomic mass is 16.5. The summed E-state index contributed by atoms with van der Waals surface area (Å²) in [6, 6.07) is 0. The molecule has 0 aromatic rings. The minimum Gasteiger partial charge on any atom is -0.382 e. The first-order valence-corrected chi connectivity index (χ1v) is 8.53. The summed E-state index contributed by atoms with van der Waals surface area (Å²) in [6.45, 7) is 6.97. The van der Waals surface area contributed by atoms with Crippen molar-refractivity contribution in [2.24, 2.45) is 0 Å². The number of methoxy groups -OCH3 is 1. The Morgan fingerprint density at radius 3 is 2.48 bits per heavy atom. The fraction of sp³-hybridized carbons (Fsp3) is 0.882. The molecule has 23 heavy (non-hydrogen) atoms. The molecule has 6 nitrogen and oxygen atoms in total. The molecule has 1 aliphatic heterocycles. The van der Waals surface area contributed by atoms with Crippen molar-refractivity contribution < 1.29 is 19.1 Å². The quantitative estimate of drug-likeness (QED) is 0.850. The third kappa shape index (κ3) is 4.44. The molecule has 2 fully saturated rings. The van der Waals surface area contributed by atoms with Crippen LogP contribution in [0.5, 0.6) is 0 Å². The Labute approximate surface area is 138 Å². The van der Waals surface area contributed by atoms with Crippen LogP contribution in [0, 0.1) is 0 Å². The number of carbonyl (C=O) groups excluding carboxylic acids is 2. The Kier molecular flexibility index (Phi) is 5.68. The number of hydrogen-bond donors (Lipinski definition) is 1. The number of morpholine rings is 1. The van der Waals surface area contributed by atoms with Crippen LogP contribution in [0.25, 0.3) is 0 Å². The van der Waals surface area contributed by atoms with Gasteiger partial charge in [0.2, 0.25) is 11.8 Å². The maximum atomic E-state index is 13.3. The summed E-state index contributed by atoms with van der Waals surface area (Å²) >= 11 is 0. The average molecular weight is 326 g/mol. The lowest BCUT2D eigenvalue weighted by molar-refractivity contribution is -0.174. The van der Waals surface area contributed by atoms with Crippen LogP contribution >= 0.6 is 0 Å². The summed E-state index contributed by atoms with van der Waals surface area (Å²) in [7, 11) is 1.64. The van der Waals surface area contributed by atoms with Crippen molar-refractivity contribution in [2.45, 2.75) is 70.1 Å². The number of nitrogens with one attached hydrogen (secondary N) is 1. The van der Waals surface area contributed by atoms with E-state index in [9.17, 15) is 9.59 Å². The van der Waals surface area contributed by atoms with Crippen LogP contribution in [-0.4, -0.2) is 60.8 Å². The van der Waals surface area contributed by atoms with Crippen molar-refractivity contribution in [3.8, 4) is 0 Å². The van der Waals surface area contributed by atoms with Gasteiger partial charge in [0.1, 0.15) is 5.54 Å². The fourth-order valence-electron chi connectivity index (χ4n) is 3.91. The third-order valence-corrected chi connectivity index (χ3v) is 4.65. The first-order chi connectivity index (χ1) is 10.8. The van der Waals surface area contributed by atoms with E-state index < -0.39 is 11.1 Å². The van der Waals surface area contributed by atoms with Gasteiger partial charge in [0, 0.05) is 27.1 Å². The minimum atomic E-state index is -0.741. The summed E-state index contributed by atoms with van der Waals surface area (Å²) in [4.78, 5) is 26.8. The number of carbonyl (C=O) groups is 2. The molecule has 1 saturated heterocycles. The molecular weight excluding hydrogens is 296 g/mol. The topological polar surface area (TPSA) is 67.9 Å². The van der Waals surface area contributed by atoms with Crippen LogP contribution in [0.2, 0.25) is 0 Å². The summed E-state index contributed by atoms with van der Waals surface area (Å²) in [5.41, 5.74) is -1.15. The Morgan fingerprint density at radius 2 is 1.91 bits per heavy atom. The normalized spacial score (nSPS) is 26.6. The minimum absolute atomic E-state index is 0.0323. The molecule has 0 bridgehead atoms. The van der Waals surface area contributed by atoms with Crippen molar-refractivity contribution in [1.29, 1.82) is 0 Å². The van der Waals surface area contributed by atoms with E-state index in [2.05, 4.69) is 5.32 Å². The summed E-state index contributed by atoms with van der Waals surface area (Å²) in [5, 5.41) is 2.96. The molecule has 1 unspecified atom stereocenters. The molecule has 6 heteroatoms. The van der Waals surface area contributed by atoms with Crippen LogP contribution in [0.3, 0.4) is 0 Å². The lowest BCUT2D eigenvalue weighted by atomic mass is 9.80. The van der Waals surface area contributed by atoms with E-state index in [1.165, 1.54) is 6.92 Å². The van der Waals surface area contributed by atoms with Gasteiger partial charge < -0.3 is 19.7 Å². The molecule has 1 atom stereocenters. The SMILES string of the molecule is COCC1CN(C(=O)C2(NC(C)=O)CCCCC2)CC(C)(C)O1. The van der Waals surface area contributed by atoms with Crippen molar-refractivity contribution >= 4 is 11.8 Å². The zero-order valence-electron chi connectivity index (χ0n) is 14.8. The van der Waals surface area contributed by atoms with E-state index in [-0.39, 0.29) is 17.9 Å². The van der Waals surface area contributed by atoms with E-state index >= 15 is 0 Å². The van der Waals surface area contributed by atoms with Crippen molar-refractivity contribution in [2.75, 3.05) is 26.8 Å². The molecule has 2 rings (SSSR count). The van der Waals surface area contributed by atoms with Gasteiger partial charge in [-0.2, -0.15) is 0 Å². The van der Waals surface area contributed by atoms with E-state index in [4.69, 9.17) is 9.47 Å². The summed E-state index contributed by atoms with van der Waals surface area (Å²) in [5.74, 6) is -0.105. The van der Waals surface area contributed by atoms with Crippen LogP contribution in [0.1, 0.15) is 52.9 Å². The molecule has 1 aliphatic carbocycles. The number of hydrogen-bond acceptors (Lipinski definition) is 4. The molecule has 1 heterocycles. The molecule has 0 radical (unpaired) electrons. The van der Waals surface area contributed by atoms with Gasteiger partial charge in [0.05, 0.1) is 18.3 Å². The largest absolute Gasteiger partial charge is 0.382 e. The fourth-order valence-corrected chi connectivity index (χ4v) is 3.91. The molecule has 0 aromatic heterocycles. The van der Waals surface area contributed by atoms with Crippen molar-refractivity contribution in [3.63, 3.8) is 0 Å². The maximum Gasteiger partial charge on any atom is 0.248 e. The highest BCUT2D eigenvalue weighted by Crippen LogP contribution is 2.32. The molecule has 1 N–H and O–H groups in total. The van der Waals surface area contributed by atoms with Crippen molar-refractivity contribution in [3.05, 3.63) is 0 Å². The molecule has 0 spiro atoms. The van der Waals surface area contributed by atoms with Crippen LogP contribution in [0.15, 0.2) is 0 Å². The van der Waals surface area contributed by atoms with E-state index in [0.29, 0.717) is 19.7 Å². The summed E-state index contributed by atoms with van der Waals surface area (Å²) in [6.07, 6.45) is 4.37. The zero-order valence-corrected chi connectivity index (χ0v) is 14.8. The first-order valence-electron chi connectivity index (χ1n) is 8.53. The molecule has 132 valence electrons. The van der Waals surface area contributed by atoms with Crippen LogP contribution in [-0.2, 0) is 19.1 Å². The Hall–Kier alpha value is -1.14. The zero-order chi connectivity index (χ0) is 17.1. The second-order valence-electron chi connectivity index (χ2n) is 7.46. The number of rotatable bonds is 4. The van der Waals surface area contributed by atoms with Gasteiger partial charge in [-0.1, -0.05) is 19.3 Å². The van der Waals surface area contributed by atoms with E-state index in [1.807, 2.05) is 18.7 Å². The Bertz CT molecular complexity index is 444. The van der Waals surface area contributed by atoms with Crippen molar-refractivity contribution in [1.82, 2.24) is 10.2 Å². The highest BCUT2D eigenvalue weighted by molar-refractivity contribution is 5.91. The lowest BCUT2D eigenvalue weighted by Crippen LogP contribution is -2.65. The second-order valence-corrected chi connectivity index (χ2v) is 7.46. The molecular formula is C17H30N2O4. The maximum absolute atomic E-state index is 13.3. The van der Waals surface area contributed by atoms with Gasteiger partial charge in [0.25, 0.3) is 0 Å². The highest BCUT2D eigenvalue weighted by Gasteiger charge is 2.46. The van der Waals surface area contributed by atoms with Gasteiger partial charge in [-0.05, 0) is 26.7 Å². The van der Waals surface area contributed by atoms with Gasteiger partial charge in [-0.15, -0.1) is 0 Å². The van der Waals surface area contributed by atoms with Gasteiger partial charge in [-0.3, -0.25) is 9.59 Å². The molecule has 2 amide bonds. The monoisotopic (exact) mass is 326 g/mol. The third-order valence-electron chi connectivity index (χ3n) is 4.65. The van der Waals surface area contributed by atoms with Gasteiger partial charge in [0.15, 0.2) is 0 Å².